The van der Waals surface area contributed by atoms with Crippen LogP contribution in [0.2, 0.25) is 0 Å². The molecule has 0 aliphatic carbocycles. The van der Waals surface area contributed by atoms with Crippen LogP contribution >= 0.6 is 0 Å². The number of halogens is 3. The Balaban J connectivity index is 2.43. The van der Waals surface area contributed by atoms with E-state index >= 15 is 0 Å². The predicted molar refractivity (Wildman–Crippen MR) is 117 cm³/mol. The van der Waals surface area contributed by atoms with Crippen molar-refractivity contribution in [1.29, 1.82) is 0 Å². The van der Waals surface area contributed by atoms with Crippen molar-refractivity contribution >= 4 is 17.1 Å². The standard InChI is InChI=1S/C23H26F3N3O/c1-17(2)29(26)22-12-11-21(14-23(22)27(4)25)28(15-18(3)6-5-13-30)16-19-7-9-20(24)10-8-19/h5-12,14,30H,1,3,13,15-16H2,2,4H3/b6-5+. The topological polar surface area (TPSA) is 30.0 Å². The van der Waals surface area contributed by atoms with E-state index in [9.17, 15) is 13.4 Å². The minimum atomic E-state index is -0.339. The molecule has 2 aromatic rings. The molecule has 0 saturated heterocycles. The van der Waals surface area contributed by atoms with Gasteiger partial charge in [0.2, 0.25) is 0 Å². The molecule has 0 spiro atoms. The quantitative estimate of drug-likeness (QED) is 0.409. The van der Waals surface area contributed by atoms with Gasteiger partial charge < -0.3 is 10.0 Å². The van der Waals surface area contributed by atoms with Gasteiger partial charge in [0.1, 0.15) is 11.5 Å². The summed E-state index contributed by atoms with van der Waals surface area (Å²) in [5.41, 5.74) is 2.34. The number of benzene rings is 2. The highest BCUT2D eigenvalue weighted by Crippen LogP contribution is 2.36. The fourth-order valence-corrected chi connectivity index (χ4v) is 2.89. The fourth-order valence-electron chi connectivity index (χ4n) is 2.89. The first kappa shape index (κ1) is 23.1. The first-order valence-corrected chi connectivity index (χ1v) is 9.32. The van der Waals surface area contributed by atoms with Gasteiger partial charge in [0.15, 0.2) is 0 Å². The van der Waals surface area contributed by atoms with Gasteiger partial charge in [-0.3, -0.25) is 0 Å². The monoisotopic (exact) mass is 417 g/mol. The first-order valence-electron chi connectivity index (χ1n) is 9.32. The summed E-state index contributed by atoms with van der Waals surface area (Å²) in [4.78, 5) is 1.90. The summed E-state index contributed by atoms with van der Waals surface area (Å²) in [7, 11) is 1.18. The van der Waals surface area contributed by atoms with Gasteiger partial charge >= 0.3 is 0 Å². The SMILES string of the molecule is C=C(/C=C/CO)CN(Cc1ccc(F)cc1)c1ccc(N(F)C(=C)C)c(N(C)F)c1. The molecule has 2 aromatic carbocycles. The molecule has 0 saturated carbocycles. The number of hydrogen-bond donors (Lipinski definition) is 1. The van der Waals surface area contributed by atoms with Gasteiger partial charge in [-0.05, 0) is 48.4 Å². The minimum absolute atomic E-state index is 0.0250. The highest BCUT2D eigenvalue weighted by molar-refractivity contribution is 5.76. The van der Waals surface area contributed by atoms with Crippen LogP contribution in [0.5, 0.6) is 0 Å². The number of aliphatic hydroxyl groups excluding tert-OH is 1. The molecule has 7 heteroatoms. The Bertz CT molecular complexity index is 910. The largest absolute Gasteiger partial charge is 0.392 e. The summed E-state index contributed by atoms with van der Waals surface area (Å²) in [5, 5.41) is 9.64. The Kier molecular flexibility index (Phi) is 8.12. The predicted octanol–water partition coefficient (Wildman–Crippen LogP) is 5.48. The maximum atomic E-state index is 14.4. The van der Waals surface area contributed by atoms with E-state index in [2.05, 4.69) is 13.2 Å². The molecule has 0 aromatic heterocycles. The van der Waals surface area contributed by atoms with Gasteiger partial charge in [-0.15, -0.1) is 4.48 Å². The minimum Gasteiger partial charge on any atom is -0.392 e. The average Bonchev–Trinajstić information content (AvgIpc) is 2.72. The van der Waals surface area contributed by atoms with Gasteiger partial charge in [-0.25, -0.2) is 9.51 Å². The molecule has 0 amide bonds. The van der Waals surface area contributed by atoms with Crippen molar-refractivity contribution in [2.75, 3.05) is 35.3 Å². The third-order valence-corrected chi connectivity index (χ3v) is 4.34. The van der Waals surface area contributed by atoms with Crippen molar-refractivity contribution in [2.24, 2.45) is 0 Å². The van der Waals surface area contributed by atoms with Crippen LogP contribution in [0.15, 0.2) is 79.0 Å². The smallest absolute Gasteiger partial charge is 0.123 e. The van der Waals surface area contributed by atoms with Gasteiger partial charge in [0.25, 0.3) is 0 Å². The molecular weight excluding hydrogens is 391 g/mol. The number of rotatable bonds is 10. The Morgan fingerprint density at radius 3 is 2.30 bits per heavy atom. The van der Waals surface area contributed by atoms with Crippen LogP contribution in [0.4, 0.5) is 30.4 Å². The number of hydrogen-bond acceptors (Lipinski definition) is 4. The number of allylic oxidation sites excluding steroid dienone is 1. The van der Waals surface area contributed by atoms with Crippen molar-refractivity contribution in [3.63, 3.8) is 0 Å². The van der Waals surface area contributed by atoms with Crippen LogP contribution in [0.25, 0.3) is 0 Å². The van der Waals surface area contributed by atoms with Gasteiger partial charge in [0.05, 0.1) is 12.3 Å². The number of nitrogens with zero attached hydrogens (tertiary/aromatic N) is 3. The van der Waals surface area contributed by atoms with Crippen LogP contribution in [0, 0.1) is 5.82 Å². The zero-order valence-electron chi connectivity index (χ0n) is 17.2. The Morgan fingerprint density at radius 1 is 1.07 bits per heavy atom. The summed E-state index contributed by atoms with van der Waals surface area (Å²) in [5.74, 6) is -0.339. The molecule has 0 radical (unpaired) electrons. The van der Waals surface area contributed by atoms with E-state index in [-0.39, 0.29) is 29.5 Å². The molecule has 2 rings (SSSR count). The van der Waals surface area contributed by atoms with Crippen molar-refractivity contribution < 1.29 is 18.5 Å². The molecule has 0 aliphatic rings. The summed E-state index contributed by atoms with van der Waals surface area (Å²) >= 11 is 0. The Hall–Kier alpha value is -3.19. The molecular formula is C23H26F3N3O. The molecule has 30 heavy (non-hydrogen) atoms. The van der Waals surface area contributed by atoms with Crippen LogP contribution in [0.3, 0.4) is 0 Å². The summed E-state index contributed by atoms with van der Waals surface area (Å²) in [6.45, 7) is 9.64. The van der Waals surface area contributed by atoms with Crippen molar-refractivity contribution in [3.8, 4) is 0 Å². The normalized spacial score (nSPS) is 10.9. The van der Waals surface area contributed by atoms with Gasteiger partial charge in [-0.1, -0.05) is 41.9 Å². The number of anilines is 3. The Labute approximate surface area is 175 Å². The fraction of sp³-hybridized carbons (Fsp3) is 0.217. The lowest BCUT2D eigenvalue weighted by molar-refractivity contribution is 0.342. The van der Waals surface area contributed by atoms with Crippen molar-refractivity contribution in [2.45, 2.75) is 13.5 Å². The van der Waals surface area contributed by atoms with Crippen LogP contribution in [0.1, 0.15) is 12.5 Å². The second-order valence-corrected chi connectivity index (χ2v) is 6.89. The molecule has 0 aliphatic heterocycles. The van der Waals surface area contributed by atoms with Crippen molar-refractivity contribution in [1.82, 2.24) is 0 Å². The van der Waals surface area contributed by atoms with E-state index in [4.69, 9.17) is 5.11 Å². The molecule has 0 atom stereocenters. The zero-order valence-corrected chi connectivity index (χ0v) is 17.2. The maximum absolute atomic E-state index is 14.4. The summed E-state index contributed by atoms with van der Waals surface area (Å²) in [6, 6.07) is 10.7. The molecule has 0 heterocycles. The van der Waals surface area contributed by atoms with Crippen LogP contribution in [-0.2, 0) is 6.54 Å². The van der Waals surface area contributed by atoms with E-state index in [1.165, 1.54) is 38.2 Å². The van der Waals surface area contributed by atoms with Crippen molar-refractivity contribution in [3.05, 3.63) is 90.4 Å². The van der Waals surface area contributed by atoms with E-state index < -0.39 is 0 Å². The zero-order chi connectivity index (χ0) is 22.3. The van der Waals surface area contributed by atoms with Crippen LogP contribution < -0.4 is 15.1 Å². The molecule has 0 bridgehead atoms. The van der Waals surface area contributed by atoms with E-state index in [0.717, 1.165) is 5.56 Å². The van der Waals surface area contributed by atoms with Gasteiger partial charge in [0, 0.05) is 31.5 Å². The van der Waals surface area contributed by atoms with Crippen LogP contribution in [-0.4, -0.2) is 25.3 Å². The molecule has 0 unspecified atom stereocenters. The second-order valence-electron chi connectivity index (χ2n) is 6.89. The third-order valence-electron chi connectivity index (χ3n) is 4.34. The van der Waals surface area contributed by atoms with Gasteiger partial charge in [-0.2, -0.15) is 5.12 Å². The third kappa shape index (κ3) is 6.15. The average molecular weight is 417 g/mol. The molecule has 4 nitrogen and oxygen atoms in total. The Morgan fingerprint density at radius 2 is 1.73 bits per heavy atom. The molecule has 160 valence electrons. The summed E-state index contributed by atoms with van der Waals surface area (Å²) < 4.78 is 41.8. The lowest BCUT2D eigenvalue weighted by Gasteiger charge is -2.28. The van der Waals surface area contributed by atoms with E-state index in [1.54, 1.807) is 30.4 Å². The highest BCUT2D eigenvalue weighted by Gasteiger charge is 2.18. The molecule has 1 N–H and O–H groups in total. The molecule has 0 fully saturated rings. The first-order chi connectivity index (χ1) is 14.2. The second kappa shape index (κ2) is 10.5. The highest BCUT2D eigenvalue weighted by atomic mass is 19.2. The maximum Gasteiger partial charge on any atom is 0.123 e. The number of aliphatic hydroxyl groups is 1. The lowest BCUT2D eigenvalue weighted by atomic mass is 10.1. The van der Waals surface area contributed by atoms with E-state index in [1.807, 2.05) is 4.90 Å². The summed E-state index contributed by atoms with van der Waals surface area (Å²) in [6.07, 6.45) is 3.26. The lowest BCUT2D eigenvalue weighted by Crippen LogP contribution is -2.25. The van der Waals surface area contributed by atoms with E-state index in [0.29, 0.717) is 34.6 Å².